The van der Waals surface area contributed by atoms with Gasteiger partial charge >= 0.3 is 0 Å². The van der Waals surface area contributed by atoms with Crippen molar-refractivity contribution in [3.8, 4) is 11.4 Å². The lowest BCUT2D eigenvalue weighted by Crippen LogP contribution is -2.22. The van der Waals surface area contributed by atoms with E-state index in [9.17, 15) is 15.2 Å². The Hall–Kier alpha value is -2.32. The van der Waals surface area contributed by atoms with Crippen LogP contribution in [0.25, 0.3) is 11.4 Å². The fourth-order valence-electron chi connectivity index (χ4n) is 2.25. The number of rotatable bonds is 3. The summed E-state index contributed by atoms with van der Waals surface area (Å²) in [6, 6.07) is 6.01. The Morgan fingerprint density at radius 2 is 2.30 bits per heavy atom. The highest BCUT2D eigenvalue weighted by molar-refractivity contribution is 5.58. The van der Waals surface area contributed by atoms with Crippen LogP contribution in [-0.4, -0.2) is 44.0 Å². The van der Waals surface area contributed by atoms with Gasteiger partial charge in [-0.2, -0.15) is 5.10 Å². The molecule has 2 aromatic rings. The number of β-amino-alcohol motifs (C(OH)–C–C–N with tert-alkyl or cyclic N) is 1. The Morgan fingerprint density at radius 3 is 3.00 bits per heavy atom. The lowest BCUT2D eigenvalue weighted by Gasteiger charge is -2.12. The predicted octanol–water partition coefficient (Wildman–Crippen LogP) is 0.358. The van der Waals surface area contributed by atoms with Crippen molar-refractivity contribution >= 4 is 5.69 Å². The topological polar surface area (TPSA) is 106 Å². The van der Waals surface area contributed by atoms with Crippen molar-refractivity contribution in [1.29, 1.82) is 0 Å². The maximum absolute atomic E-state index is 10.8. The van der Waals surface area contributed by atoms with E-state index < -0.39 is 11.0 Å². The van der Waals surface area contributed by atoms with Gasteiger partial charge in [0.2, 0.25) is 0 Å². The van der Waals surface area contributed by atoms with E-state index in [4.69, 9.17) is 0 Å². The second-order valence-corrected chi connectivity index (χ2v) is 4.65. The van der Waals surface area contributed by atoms with E-state index in [-0.39, 0.29) is 11.7 Å². The van der Waals surface area contributed by atoms with Crippen molar-refractivity contribution < 1.29 is 10.0 Å². The van der Waals surface area contributed by atoms with Crippen molar-refractivity contribution in [3.63, 3.8) is 0 Å². The van der Waals surface area contributed by atoms with Crippen LogP contribution in [0.1, 0.15) is 6.04 Å². The number of aromatic nitrogens is 3. The molecule has 2 unspecified atom stereocenters. The molecule has 2 N–H and O–H groups in total. The van der Waals surface area contributed by atoms with E-state index in [0.29, 0.717) is 24.5 Å². The largest absolute Gasteiger partial charge is 0.390 e. The summed E-state index contributed by atoms with van der Waals surface area (Å²) in [6.45, 7) is 1.15. The molecule has 0 saturated carbocycles. The van der Waals surface area contributed by atoms with Crippen LogP contribution in [0, 0.1) is 10.1 Å². The van der Waals surface area contributed by atoms with Gasteiger partial charge in [-0.15, -0.1) is 0 Å². The summed E-state index contributed by atoms with van der Waals surface area (Å²) in [5.74, 6) is 0.410. The highest BCUT2D eigenvalue weighted by Crippen LogP contribution is 2.22. The first-order valence-corrected chi connectivity index (χ1v) is 6.20. The van der Waals surface area contributed by atoms with Crippen molar-refractivity contribution in [2.75, 3.05) is 13.1 Å². The zero-order chi connectivity index (χ0) is 14.1. The van der Waals surface area contributed by atoms with Crippen LogP contribution in [0.2, 0.25) is 0 Å². The van der Waals surface area contributed by atoms with E-state index >= 15 is 0 Å². The molecule has 1 aliphatic rings. The molecule has 0 amide bonds. The Morgan fingerprint density at radius 1 is 1.45 bits per heavy atom. The molecule has 0 radical (unpaired) electrons. The maximum atomic E-state index is 10.8. The summed E-state index contributed by atoms with van der Waals surface area (Å²) in [7, 11) is 0. The van der Waals surface area contributed by atoms with E-state index in [0.717, 1.165) is 0 Å². The number of non-ortho nitro benzene ring substituents is 1. The molecule has 8 nitrogen and oxygen atoms in total. The number of hydrogen-bond donors (Lipinski definition) is 2. The van der Waals surface area contributed by atoms with Crippen molar-refractivity contribution in [2.45, 2.75) is 12.1 Å². The molecule has 0 bridgehead atoms. The molecule has 0 aliphatic carbocycles. The van der Waals surface area contributed by atoms with Gasteiger partial charge in [0.05, 0.1) is 17.1 Å². The molecule has 3 rings (SSSR count). The fraction of sp³-hybridized carbons (Fsp3) is 0.333. The third-order valence-electron chi connectivity index (χ3n) is 3.31. The van der Waals surface area contributed by atoms with Gasteiger partial charge in [-0.05, 0) is 0 Å². The molecule has 2 atom stereocenters. The van der Waals surface area contributed by atoms with Gasteiger partial charge < -0.3 is 10.4 Å². The standard InChI is InChI=1S/C12H13N5O3/c18-11-6-13-5-10(11)16-7-14-12(15-16)8-2-1-3-9(4-8)17(19)20/h1-4,7,10-11,13,18H,5-6H2. The molecule has 2 heterocycles. The molecule has 0 spiro atoms. The molecule has 1 saturated heterocycles. The van der Waals surface area contributed by atoms with Crippen molar-refractivity contribution in [2.24, 2.45) is 0 Å². The predicted molar refractivity (Wildman–Crippen MR) is 70.0 cm³/mol. The average molecular weight is 275 g/mol. The third-order valence-corrected chi connectivity index (χ3v) is 3.31. The summed E-state index contributed by atoms with van der Waals surface area (Å²) in [4.78, 5) is 14.5. The number of nitrogens with one attached hydrogen (secondary N) is 1. The number of nitro benzene ring substituents is 1. The minimum absolute atomic E-state index is 0.00131. The first-order chi connectivity index (χ1) is 9.65. The quantitative estimate of drug-likeness (QED) is 0.618. The summed E-state index contributed by atoms with van der Waals surface area (Å²) >= 11 is 0. The molecular formula is C12H13N5O3. The van der Waals surface area contributed by atoms with Crippen LogP contribution in [0.15, 0.2) is 30.6 Å². The summed E-state index contributed by atoms with van der Waals surface area (Å²) in [5.41, 5.74) is 0.583. The van der Waals surface area contributed by atoms with E-state index in [2.05, 4.69) is 15.4 Å². The molecule has 1 aliphatic heterocycles. The van der Waals surface area contributed by atoms with Gasteiger partial charge in [0.15, 0.2) is 5.82 Å². The first kappa shape index (κ1) is 12.7. The van der Waals surface area contributed by atoms with Crippen LogP contribution in [0.4, 0.5) is 5.69 Å². The number of aliphatic hydroxyl groups excluding tert-OH is 1. The van der Waals surface area contributed by atoms with Crippen LogP contribution >= 0.6 is 0 Å². The molecule has 1 fully saturated rings. The Kier molecular flexibility index (Phi) is 3.17. The van der Waals surface area contributed by atoms with Gasteiger partial charge in [-0.3, -0.25) is 10.1 Å². The molecular weight excluding hydrogens is 262 g/mol. The second kappa shape index (κ2) is 4.99. The highest BCUT2D eigenvalue weighted by atomic mass is 16.6. The number of nitrogens with zero attached hydrogens (tertiary/aromatic N) is 4. The zero-order valence-electron chi connectivity index (χ0n) is 10.5. The third kappa shape index (κ3) is 2.26. The van der Waals surface area contributed by atoms with Crippen LogP contribution < -0.4 is 5.32 Å². The summed E-state index contributed by atoms with van der Waals surface area (Å²) < 4.78 is 1.60. The lowest BCUT2D eigenvalue weighted by molar-refractivity contribution is -0.384. The first-order valence-electron chi connectivity index (χ1n) is 6.20. The van der Waals surface area contributed by atoms with E-state index in [1.165, 1.54) is 18.5 Å². The summed E-state index contributed by atoms with van der Waals surface area (Å²) in [6.07, 6.45) is 1.03. The van der Waals surface area contributed by atoms with Crippen LogP contribution in [0.3, 0.4) is 0 Å². The minimum atomic E-state index is -0.505. The fourth-order valence-corrected chi connectivity index (χ4v) is 2.25. The number of aliphatic hydroxyl groups is 1. The monoisotopic (exact) mass is 275 g/mol. The van der Waals surface area contributed by atoms with Crippen LogP contribution in [0.5, 0.6) is 0 Å². The lowest BCUT2D eigenvalue weighted by atomic mass is 10.2. The minimum Gasteiger partial charge on any atom is -0.390 e. The molecule has 1 aromatic heterocycles. The van der Waals surface area contributed by atoms with Crippen molar-refractivity contribution in [3.05, 3.63) is 40.7 Å². The Labute approximate surface area is 114 Å². The van der Waals surface area contributed by atoms with E-state index in [1.54, 1.807) is 16.8 Å². The number of nitro groups is 1. The summed E-state index contributed by atoms with van der Waals surface area (Å²) in [5, 5.41) is 27.9. The Bertz CT molecular complexity index is 642. The van der Waals surface area contributed by atoms with Gasteiger partial charge in [0, 0.05) is 30.8 Å². The van der Waals surface area contributed by atoms with Crippen LogP contribution in [-0.2, 0) is 0 Å². The zero-order valence-corrected chi connectivity index (χ0v) is 10.5. The second-order valence-electron chi connectivity index (χ2n) is 4.65. The number of benzene rings is 1. The Balaban J connectivity index is 1.90. The molecule has 104 valence electrons. The smallest absolute Gasteiger partial charge is 0.270 e. The highest BCUT2D eigenvalue weighted by Gasteiger charge is 2.27. The molecule has 1 aromatic carbocycles. The molecule has 8 heteroatoms. The van der Waals surface area contributed by atoms with Crippen molar-refractivity contribution in [1.82, 2.24) is 20.1 Å². The normalized spacial score (nSPS) is 22.1. The SMILES string of the molecule is O=[N+]([O-])c1cccc(-c2ncn(C3CNCC3O)n2)c1. The van der Waals surface area contributed by atoms with Gasteiger partial charge in [-0.1, -0.05) is 12.1 Å². The molecule has 20 heavy (non-hydrogen) atoms. The average Bonchev–Trinajstić information content (AvgIpc) is 3.07. The van der Waals surface area contributed by atoms with Gasteiger partial charge in [0.25, 0.3) is 5.69 Å². The van der Waals surface area contributed by atoms with Gasteiger partial charge in [0.1, 0.15) is 6.33 Å². The number of hydrogen-bond acceptors (Lipinski definition) is 6. The van der Waals surface area contributed by atoms with Gasteiger partial charge in [-0.25, -0.2) is 9.67 Å². The maximum Gasteiger partial charge on any atom is 0.270 e. The van der Waals surface area contributed by atoms with E-state index in [1.807, 2.05) is 0 Å².